The Kier molecular flexibility index (Phi) is 4.40. The average Bonchev–Trinajstić information content (AvgIpc) is 3.13. The molecule has 2 rings (SSSR count). The van der Waals surface area contributed by atoms with Crippen molar-refractivity contribution in [3.63, 3.8) is 0 Å². The molecule has 0 aliphatic carbocycles. The summed E-state index contributed by atoms with van der Waals surface area (Å²) in [5.74, 6) is 1.49. The number of rotatable bonds is 4. The summed E-state index contributed by atoms with van der Waals surface area (Å²) in [4.78, 5) is 22.2. The number of carbonyl (C=O) groups excluding carboxylic acids is 1. The molecule has 1 aromatic carbocycles. The lowest BCUT2D eigenvalue weighted by atomic mass is 10.1. The van der Waals surface area contributed by atoms with Gasteiger partial charge in [-0.05, 0) is 33.8 Å². The zero-order valence-electron chi connectivity index (χ0n) is 14.2. The number of nitrogens with zero attached hydrogens (tertiary/aromatic N) is 2. The van der Waals surface area contributed by atoms with Crippen molar-refractivity contribution in [2.75, 3.05) is 0 Å². The molecule has 0 radical (unpaired) electrons. The summed E-state index contributed by atoms with van der Waals surface area (Å²) in [5.41, 5.74) is -2.86. The van der Waals surface area contributed by atoms with E-state index in [0.717, 1.165) is 16.4 Å². The molecule has 0 saturated carbocycles. The molecule has 1 aliphatic heterocycles. The van der Waals surface area contributed by atoms with Crippen LogP contribution < -0.4 is 0 Å². The van der Waals surface area contributed by atoms with Gasteiger partial charge in [0.25, 0.3) is 15.7 Å². The number of esters is 1. The number of para-hydroxylation sites is 1. The third-order valence-corrected chi connectivity index (χ3v) is 5.69. The van der Waals surface area contributed by atoms with Crippen LogP contribution >= 0.6 is 0 Å². The molecular formula is C16H18N2O6S. The molecule has 1 unspecified atom stereocenters. The minimum atomic E-state index is -4.36. The molecule has 1 heterocycles. The van der Waals surface area contributed by atoms with Gasteiger partial charge in [-0.1, -0.05) is 18.1 Å². The summed E-state index contributed by atoms with van der Waals surface area (Å²) in [6.45, 7) is 6.32. The summed E-state index contributed by atoms with van der Waals surface area (Å²) in [6, 6.07) is 3.66. The molecule has 1 saturated heterocycles. The first-order chi connectivity index (χ1) is 11.4. The van der Waals surface area contributed by atoms with Gasteiger partial charge in [0.1, 0.15) is 11.1 Å². The summed E-state index contributed by atoms with van der Waals surface area (Å²) in [7, 11) is -4.36. The van der Waals surface area contributed by atoms with Gasteiger partial charge in [-0.25, -0.2) is 8.42 Å². The number of hydrogen-bond acceptors (Lipinski definition) is 6. The van der Waals surface area contributed by atoms with Crippen molar-refractivity contribution in [1.82, 2.24) is 4.31 Å². The van der Waals surface area contributed by atoms with E-state index in [1.54, 1.807) is 20.8 Å². The van der Waals surface area contributed by atoms with Gasteiger partial charge in [-0.3, -0.25) is 14.9 Å². The Labute approximate surface area is 146 Å². The maximum Gasteiger partial charge on any atom is 0.328 e. The highest BCUT2D eigenvalue weighted by molar-refractivity contribution is 7.89. The van der Waals surface area contributed by atoms with E-state index in [-0.39, 0.29) is 0 Å². The Morgan fingerprint density at radius 2 is 1.96 bits per heavy atom. The Balaban J connectivity index is 2.48. The van der Waals surface area contributed by atoms with Crippen LogP contribution in [0, 0.1) is 22.5 Å². The lowest BCUT2D eigenvalue weighted by Crippen LogP contribution is -2.30. The minimum absolute atomic E-state index is 0.521. The van der Waals surface area contributed by atoms with Gasteiger partial charge in [0.2, 0.25) is 0 Å². The second kappa shape index (κ2) is 5.82. The van der Waals surface area contributed by atoms with E-state index < -0.39 is 48.7 Å². The summed E-state index contributed by atoms with van der Waals surface area (Å²) in [6.07, 6.45) is 5.43. The van der Waals surface area contributed by atoms with Gasteiger partial charge in [-0.15, -0.1) is 6.42 Å². The molecule has 9 heteroatoms. The van der Waals surface area contributed by atoms with E-state index in [0.29, 0.717) is 0 Å². The van der Waals surface area contributed by atoms with Gasteiger partial charge in [0.15, 0.2) is 10.9 Å². The summed E-state index contributed by atoms with van der Waals surface area (Å²) >= 11 is 0. The van der Waals surface area contributed by atoms with E-state index >= 15 is 0 Å². The van der Waals surface area contributed by atoms with Crippen LogP contribution in [0.1, 0.15) is 27.7 Å². The molecule has 0 N–H and O–H groups in total. The maximum atomic E-state index is 12.9. The van der Waals surface area contributed by atoms with E-state index in [1.165, 1.54) is 19.1 Å². The summed E-state index contributed by atoms with van der Waals surface area (Å²) < 4.78 is 31.8. The van der Waals surface area contributed by atoms with E-state index in [4.69, 9.17) is 11.2 Å². The first kappa shape index (κ1) is 18.9. The molecule has 1 aromatic rings. The number of nitro benzene ring substituents is 1. The molecule has 0 aromatic heterocycles. The van der Waals surface area contributed by atoms with Crippen molar-refractivity contribution in [3.05, 3.63) is 34.4 Å². The van der Waals surface area contributed by atoms with E-state index in [9.17, 15) is 23.3 Å². The van der Waals surface area contributed by atoms with Crippen LogP contribution in [0.25, 0.3) is 0 Å². The van der Waals surface area contributed by atoms with Crippen molar-refractivity contribution < 1.29 is 22.9 Å². The molecule has 8 nitrogen and oxygen atoms in total. The minimum Gasteiger partial charge on any atom is -0.459 e. The Hall–Kier alpha value is -2.44. The van der Waals surface area contributed by atoms with Crippen molar-refractivity contribution >= 4 is 21.7 Å². The number of sulfonamides is 1. The fourth-order valence-corrected chi connectivity index (χ4v) is 4.55. The predicted molar refractivity (Wildman–Crippen MR) is 89.0 cm³/mol. The maximum absolute atomic E-state index is 12.9. The Bertz CT molecular complexity index is 881. The molecule has 0 amide bonds. The van der Waals surface area contributed by atoms with Crippen LogP contribution in [0.3, 0.4) is 0 Å². The zero-order chi connectivity index (χ0) is 19.2. The molecular weight excluding hydrogens is 348 g/mol. The van der Waals surface area contributed by atoms with Gasteiger partial charge < -0.3 is 4.74 Å². The van der Waals surface area contributed by atoms with Crippen LogP contribution in [0.2, 0.25) is 0 Å². The largest absolute Gasteiger partial charge is 0.459 e. The molecule has 3 atom stereocenters. The lowest BCUT2D eigenvalue weighted by Gasteiger charge is -2.19. The van der Waals surface area contributed by atoms with E-state index in [1.807, 2.05) is 0 Å². The Morgan fingerprint density at radius 3 is 2.44 bits per heavy atom. The fourth-order valence-electron chi connectivity index (χ4n) is 2.51. The zero-order valence-corrected chi connectivity index (χ0v) is 15.0. The topological polar surface area (TPSA) is 107 Å². The molecule has 134 valence electrons. The Morgan fingerprint density at radius 1 is 1.40 bits per heavy atom. The number of nitro groups is 1. The monoisotopic (exact) mass is 366 g/mol. The standard InChI is InChI=1S/C16H18N2O6S/c1-6-16(5)13(14(19)24-15(2,3)4)17(16)25(22,23)12-10-8-7-9-11(12)18(20)21/h1,7-10,13H,2-5H3/t13-,16-,17?/m0/s1. The number of ether oxygens (including phenoxy) is 1. The number of hydrogen-bond donors (Lipinski definition) is 0. The van der Waals surface area contributed by atoms with Crippen LogP contribution in [-0.4, -0.2) is 40.8 Å². The molecule has 0 spiro atoms. The van der Waals surface area contributed by atoms with E-state index in [2.05, 4.69) is 5.92 Å². The van der Waals surface area contributed by atoms with Gasteiger partial charge in [-0.2, -0.15) is 4.31 Å². The fraction of sp³-hybridized carbons (Fsp3) is 0.438. The number of benzene rings is 1. The lowest BCUT2D eigenvalue weighted by molar-refractivity contribution is -0.387. The third-order valence-electron chi connectivity index (χ3n) is 3.68. The second-order valence-electron chi connectivity index (χ2n) is 6.75. The van der Waals surface area contributed by atoms with Gasteiger partial charge in [0, 0.05) is 6.07 Å². The van der Waals surface area contributed by atoms with Crippen molar-refractivity contribution in [1.29, 1.82) is 0 Å². The normalized spacial score (nSPS) is 25.7. The first-order valence-corrected chi connectivity index (χ1v) is 8.79. The van der Waals surface area contributed by atoms with Crippen molar-refractivity contribution in [3.8, 4) is 12.3 Å². The van der Waals surface area contributed by atoms with Crippen LogP contribution in [0.4, 0.5) is 5.69 Å². The highest BCUT2D eigenvalue weighted by Crippen LogP contribution is 2.47. The third kappa shape index (κ3) is 3.23. The van der Waals surface area contributed by atoms with Crippen LogP contribution in [0.15, 0.2) is 29.2 Å². The van der Waals surface area contributed by atoms with Crippen LogP contribution in [0.5, 0.6) is 0 Å². The highest BCUT2D eigenvalue weighted by Gasteiger charge is 2.70. The highest BCUT2D eigenvalue weighted by atomic mass is 32.2. The SMILES string of the molecule is C#C[C@@]1(C)[C@H](C(=O)OC(C)(C)C)N1S(=O)(=O)c1ccccc1[N+](=O)[O-]. The second-order valence-corrected chi connectivity index (χ2v) is 8.54. The first-order valence-electron chi connectivity index (χ1n) is 7.35. The average molecular weight is 366 g/mol. The molecule has 25 heavy (non-hydrogen) atoms. The predicted octanol–water partition coefficient (Wildman–Crippen LogP) is 1.70. The summed E-state index contributed by atoms with van der Waals surface area (Å²) in [5, 5.41) is 11.1. The molecule has 1 fully saturated rings. The molecule has 0 bridgehead atoms. The molecule has 1 aliphatic rings. The smallest absolute Gasteiger partial charge is 0.328 e. The van der Waals surface area contributed by atoms with Gasteiger partial charge in [0.05, 0.1) is 4.92 Å². The quantitative estimate of drug-likeness (QED) is 0.264. The van der Waals surface area contributed by atoms with Gasteiger partial charge >= 0.3 is 5.97 Å². The van der Waals surface area contributed by atoms with Crippen molar-refractivity contribution in [2.45, 2.75) is 49.8 Å². The van der Waals surface area contributed by atoms with Crippen LogP contribution in [-0.2, 0) is 19.6 Å². The number of carbonyl (C=O) groups is 1. The van der Waals surface area contributed by atoms with Crippen molar-refractivity contribution in [2.24, 2.45) is 0 Å². The number of terminal acetylenes is 1.